The van der Waals surface area contributed by atoms with Crippen molar-refractivity contribution in [3.8, 4) is 17.2 Å². The van der Waals surface area contributed by atoms with Gasteiger partial charge in [-0.15, -0.1) is 0 Å². The summed E-state index contributed by atoms with van der Waals surface area (Å²) in [5.41, 5.74) is 8.10. The van der Waals surface area contributed by atoms with Gasteiger partial charge in [-0.2, -0.15) is 0 Å². The summed E-state index contributed by atoms with van der Waals surface area (Å²) in [5, 5.41) is 23.0. The van der Waals surface area contributed by atoms with E-state index in [-0.39, 0.29) is 47.5 Å². The van der Waals surface area contributed by atoms with Crippen LogP contribution in [-0.2, 0) is 16.0 Å². The summed E-state index contributed by atoms with van der Waals surface area (Å²) in [7, 11) is 1.37. The fourth-order valence-corrected chi connectivity index (χ4v) is 7.38. The Balaban J connectivity index is 1.19. The third-order valence-electron chi connectivity index (χ3n) is 9.15. The molecule has 5 rings (SSSR count). The highest BCUT2D eigenvalue weighted by Crippen LogP contribution is 2.61. The summed E-state index contributed by atoms with van der Waals surface area (Å²) in [5.74, 6) is 0.707. The number of amides is 2. The molecule has 5 unspecified atom stereocenters. The van der Waals surface area contributed by atoms with Crippen LogP contribution in [0.25, 0.3) is 0 Å². The van der Waals surface area contributed by atoms with Crippen molar-refractivity contribution in [3.63, 3.8) is 0 Å². The highest BCUT2D eigenvalue weighted by atomic mass is 16.5. The normalized spacial score (nSPS) is 28.1. The van der Waals surface area contributed by atoms with Crippen molar-refractivity contribution in [3.05, 3.63) is 47.0 Å². The second-order valence-electron chi connectivity index (χ2n) is 11.0. The smallest absolute Gasteiger partial charge is 0.256 e. The minimum Gasteiger partial charge on any atom is -0.508 e. The molecule has 8 heteroatoms. The zero-order chi connectivity index (χ0) is 26.3. The topological polar surface area (TPSA) is 131 Å². The van der Waals surface area contributed by atoms with Gasteiger partial charge in [-0.25, -0.2) is 0 Å². The monoisotopic (exact) mass is 508 g/mol. The number of rotatable bonds is 7. The molecule has 3 aliphatic rings. The Kier molecular flexibility index (Phi) is 6.79. The Labute approximate surface area is 217 Å². The van der Waals surface area contributed by atoms with Crippen LogP contribution in [0.3, 0.4) is 0 Å². The van der Waals surface area contributed by atoms with Crippen molar-refractivity contribution >= 4 is 17.5 Å². The second-order valence-corrected chi connectivity index (χ2v) is 11.0. The first kappa shape index (κ1) is 25.4. The van der Waals surface area contributed by atoms with Gasteiger partial charge in [-0.1, -0.05) is 13.0 Å². The molecule has 2 aromatic rings. The van der Waals surface area contributed by atoms with Gasteiger partial charge in [0, 0.05) is 0 Å². The van der Waals surface area contributed by atoms with Crippen LogP contribution in [0.15, 0.2) is 30.3 Å². The predicted molar refractivity (Wildman–Crippen MR) is 139 cm³/mol. The van der Waals surface area contributed by atoms with E-state index in [1.165, 1.54) is 30.4 Å². The molecule has 2 aromatic carbocycles. The zero-order valence-electron chi connectivity index (χ0n) is 21.5. The van der Waals surface area contributed by atoms with Crippen LogP contribution < -0.4 is 15.8 Å². The number of benzene rings is 2. The van der Waals surface area contributed by atoms with E-state index in [2.05, 4.69) is 18.3 Å². The van der Waals surface area contributed by atoms with Crippen LogP contribution in [0, 0.1) is 17.3 Å². The number of aromatic hydroxyl groups is 2. The molecule has 0 bridgehead atoms. The van der Waals surface area contributed by atoms with E-state index in [4.69, 9.17) is 15.2 Å². The van der Waals surface area contributed by atoms with Crippen LogP contribution in [0.4, 0.5) is 5.69 Å². The standard InChI is InChI=1S/C29H36N2O6/c1-29-13-11-19-18-6-4-17(32)15-16(18)3-5-20(19)21(29)7-10-24(29)37-14-12-25(33)31-22-8-9-23(36-2)26(27(22)34)28(30)35/h4,6,8-9,15,19-21,24,32,34H,3,5,7,10-14H2,1-2H3,(H2,30,35)(H,31,33). The van der Waals surface area contributed by atoms with Gasteiger partial charge in [-0.05, 0) is 97.1 Å². The largest absolute Gasteiger partial charge is 0.508 e. The first-order valence-corrected chi connectivity index (χ1v) is 13.2. The minimum atomic E-state index is -0.841. The van der Waals surface area contributed by atoms with Gasteiger partial charge in [0.1, 0.15) is 17.1 Å². The highest BCUT2D eigenvalue weighted by molar-refractivity contribution is 6.02. The van der Waals surface area contributed by atoms with Crippen LogP contribution in [0.2, 0.25) is 0 Å². The fraction of sp³-hybridized carbons (Fsp3) is 0.517. The van der Waals surface area contributed by atoms with Crippen molar-refractivity contribution < 1.29 is 29.3 Å². The molecule has 5 N–H and O–H groups in total. The molecule has 5 atom stereocenters. The Morgan fingerprint density at radius 3 is 2.70 bits per heavy atom. The quantitative estimate of drug-likeness (QED) is 0.408. The van der Waals surface area contributed by atoms with Crippen LogP contribution >= 0.6 is 0 Å². The molecule has 0 radical (unpaired) electrons. The number of carbonyl (C=O) groups is 2. The zero-order valence-corrected chi connectivity index (χ0v) is 21.5. The summed E-state index contributed by atoms with van der Waals surface area (Å²) in [6.07, 6.45) is 6.75. The summed E-state index contributed by atoms with van der Waals surface area (Å²) in [6.45, 7) is 2.65. The van der Waals surface area contributed by atoms with Gasteiger partial charge >= 0.3 is 0 Å². The number of ether oxygens (including phenoxy) is 2. The lowest BCUT2D eigenvalue weighted by molar-refractivity contribution is -0.119. The number of aryl methyl sites for hydroxylation is 1. The van der Waals surface area contributed by atoms with Gasteiger partial charge < -0.3 is 30.7 Å². The predicted octanol–water partition coefficient (Wildman–Crippen LogP) is 4.48. The molecule has 0 spiro atoms. The second kappa shape index (κ2) is 9.89. The van der Waals surface area contributed by atoms with Crippen molar-refractivity contribution in [2.45, 2.75) is 63.9 Å². The Morgan fingerprint density at radius 1 is 1.14 bits per heavy atom. The Bertz CT molecular complexity index is 1210. The molecule has 2 fully saturated rings. The van der Waals surface area contributed by atoms with Crippen molar-refractivity contribution in [1.29, 1.82) is 0 Å². The van der Waals surface area contributed by atoms with E-state index in [0.717, 1.165) is 38.5 Å². The Morgan fingerprint density at radius 2 is 1.95 bits per heavy atom. The van der Waals surface area contributed by atoms with E-state index < -0.39 is 11.7 Å². The van der Waals surface area contributed by atoms with Crippen LogP contribution in [0.5, 0.6) is 17.2 Å². The molecule has 0 saturated heterocycles. The number of nitrogens with two attached hydrogens (primary N) is 1. The van der Waals surface area contributed by atoms with Crippen molar-refractivity contribution in [2.75, 3.05) is 19.0 Å². The van der Waals surface area contributed by atoms with Crippen molar-refractivity contribution in [2.24, 2.45) is 23.0 Å². The number of hydrogen-bond donors (Lipinski definition) is 4. The third kappa shape index (κ3) is 4.52. The molecule has 8 nitrogen and oxygen atoms in total. The van der Waals surface area contributed by atoms with E-state index in [0.29, 0.717) is 23.5 Å². The number of phenols is 2. The maximum Gasteiger partial charge on any atom is 0.256 e. The molecular weight excluding hydrogens is 472 g/mol. The minimum absolute atomic E-state index is 0.0940. The van der Waals surface area contributed by atoms with Gasteiger partial charge in [0.2, 0.25) is 5.91 Å². The summed E-state index contributed by atoms with van der Waals surface area (Å²) >= 11 is 0. The van der Waals surface area contributed by atoms with Gasteiger partial charge in [0.15, 0.2) is 5.75 Å². The average molecular weight is 509 g/mol. The number of hydrogen-bond acceptors (Lipinski definition) is 6. The molecule has 2 saturated carbocycles. The molecule has 0 aliphatic heterocycles. The van der Waals surface area contributed by atoms with Gasteiger partial charge in [0.05, 0.1) is 31.9 Å². The van der Waals surface area contributed by atoms with Gasteiger partial charge in [-0.3, -0.25) is 9.59 Å². The lowest BCUT2D eigenvalue weighted by atomic mass is 9.55. The number of phenolic OH excluding ortho intramolecular Hbond substituents is 1. The van der Waals surface area contributed by atoms with Gasteiger partial charge in [0.25, 0.3) is 5.91 Å². The number of fused-ring (bicyclic) bond motifs is 5. The molecule has 3 aliphatic carbocycles. The number of anilines is 1. The number of carbonyl (C=O) groups excluding carboxylic acids is 2. The van der Waals surface area contributed by atoms with E-state index >= 15 is 0 Å². The lowest BCUT2D eigenvalue weighted by Crippen LogP contribution is -2.44. The van der Waals surface area contributed by atoms with E-state index in [1.54, 1.807) is 0 Å². The molecule has 198 valence electrons. The molecule has 37 heavy (non-hydrogen) atoms. The summed E-state index contributed by atoms with van der Waals surface area (Å²) in [4.78, 5) is 24.3. The molecular formula is C29H36N2O6. The van der Waals surface area contributed by atoms with Crippen LogP contribution in [-0.4, -0.2) is 41.8 Å². The number of methoxy groups -OCH3 is 1. The maximum atomic E-state index is 12.6. The van der Waals surface area contributed by atoms with E-state index in [9.17, 15) is 19.8 Å². The lowest BCUT2D eigenvalue weighted by Gasteiger charge is -2.50. The van der Waals surface area contributed by atoms with Crippen molar-refractivity contribution in [1.82, 2.24) is 0 Å². The highest BCUT2D eigenvalue weighted by Gasteiger charge is 2.55. The summed E-state index contributed by atoms with van der Waals surface area (Å²) < 4.78 is 11.4. The fourth-order valence-electron chi connectivity index (χ4n) is 7.38. The first-order chi connectivity index (χ1) is 17.7. The van der Waals surface area contributed by atoms with Crippen LogP contribution in [0.1, 0.15) is 72.9 Å². The number of nitrogens with one attached hydrogen (secondary N) is 1. The first-order valence-electron chi connectivity index (χ1n) is 13.2. The van der Waals surface area contributed by atoms with E-state index in [1.807, 2.05) is 12.1 Å². The molecule has 2 amide bonds. The Hall–Kier alpha value is -3.26. The number of primary amides is 1. The molecule has 0 aromatic heterocycles. The summed E-state index contributed by atoms with van der Waals surface area (Å²) in [6, 6.07) is 8.84. The average Bonchev–Trinajstić information content (AvgIpc) is 3.20. The molecule has 0 heterocycles. The maximum absolute atomic E-state index is 12.6. The third-order valence-corrected chi connectivity index (χ3v) is 9.15. The SMILES string of the molecule is COc1ccc(NC(=O)CCOC2CCC3C4CCc5cc(O)ccc5C4CCC23C)c(O)c1C(N)=O.